The topological polar surface area (TPSA) is 151 Å². The number of nitrogens with zero attached hydrogens (tertiary/aromatic N) is 2. The first-order chi connectivity index (χ1) is 28.2. The third-order valence-corrected chi connectivity index (χ3v) is 10.7. The lowest BCUT2D eigenvalue weighted by Gasteiger charge is -2.36. The Labute approximate surface area is 364 Å². The minimum Gasteiger partial charge on any atom is -0.496 e. The molecule has 1 unspecified atom stereocenters. The quantitative estimate of drug-likeness (QED) is 0.120. The van der Waals surface area contributed by atoms with E-state index in [9.17, 15) is 27.6 Å². The Hall–Kier alpha value is -5.47. The zero-order valence-electron chi connectivity index (χ0n) is 38.0. The molecule has 330 valence electrons. The number of hydrazine groups is 2. The summed E-state index contributed by atoms with van der Waals surface area (Å²) in [6.07, 6.45) is 3.10. The number of aryl methyl sites for hydroxylation is 4. The number of carbonyl (C=O) groups is 4. The fourth-order valence-electron chi connectivity index (χ4n) is 6.57. The van der Waals surface area contributed by atoms with Crippen LogP contribution >= 0.6 is 10.5 Å². The molecule has 0 spiro atoms. The molecule has 12 nitrogen and oxygen atoms in total. The summed E-state index contributed by atoms with van der Waals surface area (Å²) >= 11 is 0. The van der Waals surface area contributed by atoms with E-state index in [1.807, 2.05) is 85.1 Å². The van der Waals surface area contributed by atoms with Crippen molar-refractivity contribution in [2.24, 2.45) is 0 Å². The van der Waals surface area contributed by atoms with Gasteiger partial charge in [-0.25, -0.2) is 18.4 Å². The molecule has 4 aromatic carbocycles. The summed E-state index contributed by atoms with van der Waals surface area (Å²) in [5.41, 5.74) is 10.7. The average Bonchev–Trinajstić information content (AvgIpc) is 3.13. The van der Waals surface area contributed by atoms with Gasteiger partial charge < -0.3 is 9.47 Å². The van der Waals surface area contributed by atoms with Gasteiger partial charge in [-0.15, -0.1) is 0 Å². The van der Waals surface area contributed by atoms with Crippen molar-refractivity contribution < 1.29 is 37.1 Å². The number of carbonyl (C=O) groups excluding carboxylic acids is 4. The van der Waals surface area contributed by atoms with Crippen LogP contribution in [0.25, 0.3) is 0 Å². The second-order valence-electron chi connectivity index (χ2n) is 17.2. The second-order valence-corrected chi connectivity index (χ2v) is 21.2. The van der Waals surface area contributed by atoms with Gasteiger partial charge in [-0.3, -0.25) is 30.0 Å². The molecule has 2 N–H and O–H groups in total. The maximum Gasteiger partial charge on any atom is 0.272 e. The van der Waals surface area contributed by atoms with Gasteiger partial charge in [0.05, 0.1) is 31.1 Å². The van der Waals surface area contributed by atoms with Crippen LogP contribution in [0.15, 0.2) is 72.8 Å². The van der Waals surface area contributed by atoms with Crippen molar-refractivity contribution in [3.63, 3.8) is 0 Å². The fraction of sp³-hybridized carbons (Fsp3) is 0.383. The third kappa shape index (κ3) is 14.0. The molecule has 0 aliphatic rings. The van der Waals surface area contributed by atoms with Gasteiger partial charge in [0, 0.05) is 45.4 Å². The number of hydrogen-bond donors (Lipinski definition) is 2. The summed E-state index contributed by atoms with van der Waals surface area (Å²) in [6, 6.07) is 21.3. The summed E-state index contributed by atoms with van der Waals surface area (Å²) in [5, 5.41) is 2.68. The van der Waals surface area contributed by atoms with E-state index in [-0.39, 0.29) is 45.1 Å². The third-order valence-electron chi connectivity index (χ3n) is 9.10. The summed E-state index contributed by atoms with van der Waals surface area (Å²) < 4.78 is 34.6. The van der Waals surface area contributed by atoms with Crippen molar-refractivity contribution in [2.75, 3.05) is 26.7 Å². The summed E-state index contributed by atoms with van der Waals surface area (Å²) in [5.74, 6) is 3.72. The summed E-state index contributed by atoms with van der Waals surface area (Å²) in [7, 11) is -0.605. The molecule has 0 radical (unpaired) electrons. The predicted molar refractivity (Wildman–Crippen MR) is 247 cm³/mol. The lowest BCUT2D eigenvalue weighted by Crippen LogP contribution is -2.56. The Morgan fingerprint density at radius 3 is 1.30 bits per heavy atom. The number of ether oxygens (including phenoxy) is 2. The van der Waals surface area contributed by atoms with Gasteiger partial charge in [0.1, 0.15) is 11.5 Å². The molecule has 4 amide bonds. The highest BCUT2D eigenvalue weighted by atomic mass is 32.2. The molecule has 4 aromatic rings. The SMILES string of the molecule is C=S(C)Cc1c(OC)cccc1C(=O)NN(C(=O)c1cc(C)cc(C)c1)C(C)(C)C.COc1cccc(C(=O)NN(C(=O)c2cc(C)cc(C)c2)C(C)(C)C)c1CS(C)(=O)=O. The van der Waals surface area contributed by atoms with E-state index in [1.54, 1.807) is 64.3 Å². The number of sulfone groups is 1. The summed E-state index contributed by atoms with van der Waals surface area (Å²) in [6.45, 7) is 18.8. The Balaban J connectivity index is 0.000000325. The zero-order valence-corrected chi connectivity index (χ0v) is 39.7. The standard InChI is InChI=1S/C24H32N2O3S.C23H30N2O5S/c1-16-12-17(2)14-18(13-16)23(28)26(24(3,4)5)25-22(27)19-10-9-11-21(29-6)20(19)15-30(7)8;1-15-11-16(2)13-17(12-15)22(27)25(23(3,4)5)24-21(26)18-9-8-10-20(30-6)19(18)14-31(7,28)29/h9-14H,7,15H2,1-6,8H3,(H,25,27);8-13H,14H2,1-7H3,(H,24,26). The van der Waals surface area contributed by atoms with Gasteiger partial charge in [-0.05, 0) is 124 Å². The Kier molecular flexibility index (Phi) is 16.7. The van der Waals surface area contributed by atoms with Crippen LogP contribution in [0.4, 0.5) is 0 Å². The minimum atomic E-state index is -3.43. The smallest absolute Gasteiger partial charge is 0.272 e. The van der Waals surface area contributed by atoms with Crippen LogP contribution in [0.1, 0.15) is 116 Å². The van der Waals surface area contributed by atoms with Crippen molar-refractivity contribution in [1.82, 2.24) is 20.9 Å². The van der Waals surface area contributed by atoms with Crippen molar-refractivity contribution >= 4 is 49.8 Å². The molecule has 0 saturated carbocycles. The van der Waals surface area contributed by atoms with Gasteiger partial charge in [0.25, 0.3) is 23.6 Å². The van der Waals surface area contributed by atoms with E-state index in [4.69, 9.17) is 9.47 Å². The number of amides is 4. The molecule has 1 atom stereocenters. The number of methoxy groups -OCH3 is 2. The van der Waals surface area contributed by atoms with E-state index < -0.39 is 26.8 Å². The van der Waals surface area contributed by atoms with Crippen LogP contribution in [0.5, 0.6) is 11.5 Å². The van der Waals surface area contributed by atoms with Gasteiger partial charge in [-0.1, -0.05) is 52.4 Å². The second kappa shape index (κ2) is 20.4. The average molecular weight is 875 g/mol. The van der Waals surface area contributed by atoms with Crippen molar-refractivity contribution in [2.45, 2.75) is 91.8 Å². The maximum absolute atomic E-state index is 13.3. The molecule has 0 aromatic heterocycles. The van der Waals surface area contributed by atoms with E-state index in [1.165, 1.54) is 23.2 Å². The lowest BCUT2D eigenvalue weighted by molar-refractivity contribution is 0.0356. The maximum atomic E-state index is 13.3. The van der Waals surface area contributed by atoms with E-state index in [0.717, 1.165) is 34.1 Å². The van der Waals surface area contributed by atoms with Crippen molar-refractivity contribution in [3.05, 3.63) is 128 Å². The first kappa shape index (κ1) is 49.9. The van der Waals surface area contributed by atoms with Crippen LogP contribution in [0.3, 0.4) is 0 Å². The van der Waals surface area contributed by atoms with E-state index in [2.05, 4.69) is 16.7 Å². The van der Waals surface area contributed by atoms with Gasteiger partial charge in [-0.2, -0.15) is 10.5 Å². The first-order valence-corrected chi connectivity index (χ1v) is 23.6. The van der Waals surface area contributed by atoms with Gasteiger partial charge >= 0.3 is 0 Å². The number of benzene rings is 4. The van der Waals surface area contributed by atoms with Gasteiger partial charge in [0.15, 0.2) is 9.84 Å². The number of nitrogens with one attached hydrogen (secondary N) is 2. The van der Waals surface area contributed by atoms with Crippen molar-refractivity contribution in [3.8, 4) is 11.5 Å². The largest absolute Gasteiger partial charge is 0.496 e. The molecular formula is C47H62N4O8S2. The Morgan fingerprint density at radius 2 is 0.984 bits per heavy atom. The molecule has 0 aliphatic heterocycles. The first-order valence-electron chi connectivity index (χ1n) is 19.6. The molecule has 4 rings (SSSR count). The molecule has 0 fully saturated rings. The van der Waals surface area contributed by atoms with Crippen LogP contribution < -0.4 is 20.3 Å². The highest BCUT2D eigenvalue weighted by Gasteiger charge is 2.32. The molecule has 0 heterocycles. The summed E-state index contributed by atoms with van der Waals surface area (Å²) in [4.78, 5) is 53.1. The van der Waals surface area contributed by atoms with Crippen LogP contribution in [0.2, 0.25) is 0 Å². The highest BCUT2D eigenvalue weighted by Crippen LogP contribution is 2.29. The van der Waals surface area contributed by atoms with Crippen LogP contribution in [-0.4, -0.2) is 85.7 Å². The molecule has 0 bridgehead atoms. The highest BCUT2D eigenvalue weighted by molar-refractivity contribution is 8.12. The molecule has 14 heteroatoms. The van der Waals surface area contributed by atoms with Gasteiger partial charge in [0.2, 0.25) is 0 Å². The molecule has 0 aliphatic carbocycles. The van der Waals surface area contributed by atoms with Crippen LogP contribution in [-0.2, 0) is 21.3 Å². The normalized spacial score (nSPS) is 12.0. The van der Waals surface area contributed by atoms with Crippen molar-refractivity contribution in [1.29, 1.82) is 0 Å². The molecule has 61 heavy (non-hydrogen) atoms. The minimum absolute atomic E-state index is 0.132. The Bertz CT molecular complexity index is 2370. The van der Waals surface area contributed by atoms with Crippen LogP contribution in [0, 0.1) is 27.7 Å². The molecule has 0 saturated heterocycles. The Morgan fingerprint density at radius 1 is 0.639 bits per heavy atom. The zero-order chi connectivity index (χ0) is 46.2. The number of rotatable bonds is 10. The predicted octanol–water partition coefficient (Wildman–Crippen LogP) is 8.17. The lowest BCUT2D eigenvalue weighted by atomic mass is 10.0. The molecular weight excluding hydrogens is 813 g/mol. The fourth-order valence-corrected chi connectivity index (χ4v) is 8.18. The van der Waals surface area contributed by atoms with E-state index >= 15 is 0 Å². The van der Waals surface area contributed by atoms with E-state index in [0.29, 0.717) is 33.9 Å². The monoisotopic (exact) mass is 874 g/mol. The number of hydrogen-bond acceptors (Lipinski definition) is 8.